The van der Waals surface area contributed by atoms with Gasteiger partial charge in [0.25, 0.3) is 0 Å². The van der Waals surface area contributed by atoms with Crippen LogP contribution in [0.2, 0.25) is 0 Å². The maximum Gasteiger partial charge on any atom is 0.329 e. The van der Waals surface area contributed by atoms with Crippen molar-refractivity contribution >= 4 is 11.9 Å². The van der Waals surface area contributed by atoms with Gasteiger partial charge in [0.2, 0.25) is 0 Å². The zero-order valence-corrected chi connectivity index (χ0v) is 11.6. The predicted molar refractivity (Wildman–Crippen MR) is 76.4 cm³/mol. The summed E-state index contributed by atoms with van der Waals surface area (Å²) in [6.45, 7) is 2.07. The van der Waals surface area contributed by atoms with Crippen LogP contribution in [0.3, 0.4) is 0 Å². The summed E-state index contributed by atoms with van der Waals surface area (Å²) in [5.74, 6) is 0.0728. The number of hydrogen-bond acceptors (Lipinski definition) is 6. The van der Waals surface area contributed by atoms with Crippen molar-refractivity contribution < 1.29 is 14.4 Å². The monoisotopic (exact) mass is 279 g/mol. The third kappa shape index (κ3) is 6.86. The number of ether oxygens (including phenoxy) is 1. The maximum absolute atomic E-state index is 11.3. The first kappa shape index (κ1) is 16.1. The molecule has 0 bridgehead atoms. The van der Waals surface area contributed by atoms with Gasteiger partial charge in [0, 0.05) is 13.5 Å². The second kappa shape index (κ2) is 9.06. The molecule has 0 aliphatic rings. The molecule has 0 amide bonds. The summed E-state index contributed by atoms with van der Waals surface area (Å²) >= 11 is 0. The Balaban J connectivity index is 2.04. The van der Waals surface area contributed by atoms with Crippen LogP contribution < -0.4 is 16.1 Å². The average molecular weight is 279 g/mol. The van der Waals surface area contributed by atoms with Gasteiger partial charge in [-0.2, -0.15) is 5.48 Å². The van der Waals surface area contributed by atoms with Crippen molar-refractivity contribution in [2.24, 2.45) is 5.73 Å². The van der Waals surface area contributed by atoms with E-state index in [4.69, 9.17) is 16.0 Å². The van der Waals surface area contributed by atoms with Gasteiger partial charge in [-0.15, -0.1) is 0 Å². The summed E-state index contributed by atoms with van der Waals surface area (Å²) in [6, 6.07) is 8.76. The van der Waals surface area contributed by atoms with E-state index in [-0.39, 0.29) is 5.90 Å². The van der Waals surface area contributed by atoms with Crippen LogP contribution >= 0.6 is 0 Å². The van der Waals surface area contributed by atoms with Crippen LogP contribution in [0.25, 0.3) is 0 Å². The Labute approximate surface area is 118 Å². The van der Waals surface area contributed by atoms with Gasteiger partial charge in [0.05, 0.1) is 0 Å². The van der Waals surface area contributed by atoms with Gasteiger partial charge in [0.1, 0.15) is 11.8 Å². The largest absolute Gasteiger partial charge is 0.411 e. The Morgan fingerprint density at radius 2 is 2.05 bits per heavy atom. The van der Waals surface area contributed by atoms with Gasteiger partial charge in [0.15, 0.2) is 5.90 Å². The first-order chi connectivity index (χ1) is 9.59. The number of hydrogen-bond donors (Lipinski definition) is 3. The van der Waals surface area contributed by atoms with E-state index in [1.807, 2.05) is 30.3 Å². The zero-order valence-electron chi connectivity index (χ0n) is 11.6. The predicted octanol–water partition coefficient (Wildman–Crippen LogP) is 1.61. The Morgan fingerprint density at radius 3 is 2.70 bits per heavy atom. The molecule has 0 saturated carbocycles. The van der Waals surface area contributed by atoms with Gasteiger partial charge in [-0.25, -0.2) is 4.79 Å². The number of carbonyl (C=O) groups is 1. The lowest BCUT2D eigenvalue weighted by Crippen LogP contribution is -2.33. The molecular weight excluding hydrogens is 258 g/mol. The quantitative estimate of drug-likeness (QED) is 0.221. The van der Waals surface area contributed by atoms with Gasteiger partial charge in [-0.3, -0.25) is 5.41 Å². The smallest absolute Gasteiger partial charge is 0.329 e. The molecule has 0 aromatic heterocycles. The Hall–Kier alpha value is -1.92. The fourth-order valence-corrected chi connectivity index (χ4v) is 1.53. The Kier molecular flexibility index (Phi) is 7.31. The van der Waals surface area contributed by atoms with E-state index in [1.54, 1.807) is 0 Å². The van der Waals surface area contributed by atoms with E-state index < -0.39 is 12.0 Å². The lowest BCUT2D eigenvalue weighted by molar-refractivity contribution is -0.137. The number of carbonyl (C=O) groups excluding carboxylic acids is 1. The zero-order chi connectivity index (χ0) is 14.8. The average Bonchev–Trinajstić information content (AvgIpc) is 2.42. The minimum absolute atomic E-state index is 0.136. The standard InChI is InChI=1S/C14H21N3O3/c1-11(15)19-14(18)13(16)9-5-6-10-17-20-12-7-3-2-4-8-12/h2-4,7-8,13,15,17H,5-6,9-10,16H2,1H3/t13-/m0/s1. The van der Waals surface area contributed by atoms with E-state index in [0.717, 1.165) is 18.6 Å². The molecule has 1 aromatic carbocycles. The first-order valence-corrected chi connectivity index (χ1v) is 6.57. The molecule has 6 heteroatoms. The molecule has 0 aliphatic carbocycles. The number of nitrogens with one attached hydrogen (secondary N) is 2. The molecule has 0 aliphatic heterocycles. The molecule has 0 radical (unpaired) electrons. The highest BCUT2D eigenvalue weighted by Crippen LogP contribution is 2.06. The van der Waals surface area contributed by atoms with Crippen LogP contribution in [0.15, 0.2) is 30.3 Å². The van der Waals surface area contributed by atoms with E-state index >= 15 is 0 Å². The third-order valence-corrected chi connectivity index (χ3v) is 2.53. The molecule has 0 fully saturated rings. The Morgan fingerprint density at radius 1 is 1.35 bits per heavy atom. The van der Waals surface area contributed by atoms with E-state index in [1.165, 1.54) is 6.92 Å². The molecule has 6 nitrogen and oxygen atoms in total. The van der Waals surface area contributed by atoms with Crippen molar-refractivity contribution in [3.8, 4) is 5.75 Å². The lowest BCUT2D eigenvalue weighted by atomic mass is 10.1. The molecule has 20 heavy (non-hydrogen) atoms. The van der Waals surface area contributed by atoms with Crippen molar-refractivity contribution in [1.82, 2.24) is 5.48 Å². The van der Waals surface area contributed by atoms with Gasteiger partial charge in [-0.1, -0.05) is 18.2 Å². The number of esters is 1. The Bertz CT molecular complexity index is 423. The summed E-state index contributed by atoms with van der Waals surface area (Å²) in [6.07, 6.45) is 2.13. The molecule has 0 unspecified atom stereocenters. The van der Waals surface area contributed by atoms with Crippen LogP contribution in [0.4, 0.5) is 0 Å². The highest BCUT2D eigenvalue weighted by Gasteiger charge is 2.15. The van der Waals surface area contributed by atoms with Crippen LogP contribution in [0, 0.1) is 5.41 Å². The van der Waals surface area contributed by atoms with Crippen LogP contribution in [0.1, 0.15) is 26.2 Å². The molecule has 0 saturated heterocycles. The highest BCUT2D eigenvalue weighted by molar-refractivity contribution is 5.88. The van der Waals surface area contributed by atoms with Crippen molar-refractivity contribution in [2.75, 3.05) is 6.54 Å². The van der Waals surface area contributed by atoms with Crippen molar-refractivity contribution in [3.05, 3.63) is 30.3 Å². The normalized spacial score (nSPS) is 11.7. The minimum atomic E-state index is -0.676. The topological polar surface area (TPSA) is 97.4 Å². The van der Waals surface area contributed by atoms with Crippen LogP contribution in [0.5, 0.6) is 5.75 Å². The summed E-state index contributed by atoms with van der Waals surface area (Å²) < 4.78 is 4.63. The second-order valence-corrected chi connectivity index (χ2v) is 4.39. The van der Waals surface area contributed by atoms with Gasteiger partial charge < -0.3 is 15.3 Å². The SMILES string of the molecule is CC(=N)OC(=O)[C@@H](N)CCCCNOc1ccccc1. The third-order valence-electron chi connectivity index (χ3n) is 2.53. The minimum Gasteiger partial charge on any atom is -0.411 e. The number of hydroxylamine groups is 1. The number of rotatable bonds is 8. The van der Waals surface area contributed by atoms with Gasteiger partial charge in [-0.05, 0) is 31.4 Å². The molecule has 1 rings (SSSR count). The molecule has 1 atom stereocenters. The highest BCUT2D eigenvalue weighted by atomic mass is 16.6. The number of nitrogens with two attached hydrogens (primary N) is 1. The first-order valence-electron chi connectivity index (χ1n) is 6.57. The fraction of sp³-hybridized carbons (Fsp3) is 0.429. The molecule has 0 spiro atoms. The summed E-state index contributed by atoms with van der Waals surface area (Å²) in [7, 11) is 0. The summed E-state index contributed by atoms with van der Waals surface area (Å²) in [5.41, 5.74) is 8.49. The van der Waals surface area contributed by atoms with Crippen LogP contribution in [-0.2, 0) is 9.53 Å². The van der Waals surface area contributed by atoms with E-state index in [9.17, 15) is 4.79 Å². The van der Waals surface area contributed by atoms with E-state index in [0.29, 0.717) is 13.0 Å². The molecule has 4 N–H and O–H groups in total. The number of para-hydroxylation sites is 1. The molecule has 0 heterocycles. The summed E-state index contributed by atoms with van der Waals surface area (Å²) in [5, 5.41) is 7.04. The molecule has 1 aromatic rings. The maximum atomic E-state index is 11.3. The van der Waals surface area contributed by atoms with Crippen molar-refractivity contribution in [3.63, 3.8) is 0 Å². The lowest BCUT2D eigenvalue weighted by Gasteiger charge is -2.10. The van der Waals surface area contributed by atoms with E-state index in [2.05, 4.69) is 10.2 Å². The molecule has 110 valence electrons. The van der Waals surface area contributed by atoms with Crippen molar-refractivity contribution in [1.29, 1.82) is 5.41 Å². The molecular formula is C14H21N3O3. The van der Waals surface area contributed by atoms with Gasteiger partial charge >= 0.3 is 5.97 Å². The number of unbranched alkanes of at least 4 members (excludes halogenated alkanes) is 1. The second-order valence-electron chi connectivity index (χ2n) is 4.39. The number of benzene rings is 1. The van der Waals surface area contributed by atoms with Crippen LogP contribution in [-0.4, -0.2) is 24.5 Å². The van der Waals surface area contributed by atoms with Crippen molar-refractivity contribution in [2.45, 2.75) is 32.2 Å². The fourth-order valence-electron chi connectivity index (χ4n) is 1.53. The summed E-state index contributed by atoms with van der Waals surface area (Å²) in [4.78, 5) is 16.6.